The molecule has 2 N–H and O–H groups in total. The number of fused-ring (bicyclic) bond motifs is 1. The second-order valence-corrected chi connectivity index (χ2v) is 3.41. The Balaban J connectivity index is 2.50. The molecule has 2 aromatic carbocycles. The normalized spacial score (nSPS) is 9.82. The number of hydrogen-bond acceptors (Lipinski definition) is 3. The van der Waals surface area contributed by atoms with Crippen LogP contribution in [0.15, 0.2) is 30.3 Å². The van der Waals surface area contributed by atoms with Gasteiger partial charge >= 0.3 is 0 Å². The van der Waals surface area contributed by atoms with Gasteiger partial charge in [-0.3, -0.25) is 4.79 Å². The van der Waals surface area contributed by atoms with Crippen molar-refractivity contribution in [2.75, 3.05) is 6.61 Å². The predicted octanol–water partition coefficient (Wildman–Crippen LogP) is 1.64. The van der Waals surface area contributed by atoms with Crippen molar-refractivity contribution in [1.82, 2.24) is 0 Å². The molecular formula is C13H9N2O2. The number of ether oxygens (including phenoxy) is 1. The van der Waals surface area contributed by atoms with Crippen molar-refractivity contribution < 1.29 is 9.53 Å². The maximum absolute atomic E-state index is 11.2. The fourth-order valence-corrected chi connectivity index (χ4v) is 1.61. The van der Waals surface area contributed by atoms with Gasteiger partial charge in [0.05, 0.1) is 5.56 Å². The molecule has 0 heterocycles. The molecule has 4 heteroatoms. The molecule has 0 aliphatic rings. The number of primary amides is 1. The molecule has 0 aliphatic heterocycles. The lowest BCUT2D eigenvalue weighted by Crippen LogP contribution is -2.11. The van der Waals surface area contributed by atoms with Crippen LogP contribution in [0.25, 0.3) is 10.8 Å². The highest BCUT2D eigenvalue weighted by Gasteiger charge is 2.06. The van der Waals surface area contributed by atoms with Gasteiger partial charge in [0.1, 0.15) is 11.8 Å². The van der Waals surface area contributed by atoms with E-state index in [0.29, 0.717) is 11.3 Å². The van der Waals surface area contributed by atoms with Gasteiger partial charge in [-0.05, 0) is 35.0 Å². The largest absolute Gasteiger partial charge is 0.479 e. The maximum Gasteiger partial charge on any atom is 0.249 e. The summed E-state index contributed by atoms with van der Waals surface area (Å²) in [5, 5.41) is 9.97. The van der Waals surface area contributed by atoms with Gasteiger partial charge in [-0.1, -0.05) is 12.1 Å². The molecule has 17 heavy (non-hydrogen) atoms. The van der Waals surface area contributed by atoms with Crippen molar-refractivity contribution in [2.45, 2.75) is 0 Å². The molecule has 2 aromatic rings. The van der Waals surface area contributed by atoms with E-state index in [0.717, 1.165) is 10.8 Å². The number of carbonyl (C=O) groups is 1. The van der Waals surface area contributed by atoms with Gasteiger partial charge in [-0.25, -0.2) is 0 Å². The first-order valence-electron chi connectivity index (χ1n) is 4.96. The van der Waals surface area contributed by atoms with E-state index in [1.807, 2.05) is 6.07 Å². The second-order valence-electron chi connectivity index (χ2n) is 3.41. The fraction of sp³-hybridized carbons (Fsp3) is 0.0769. The highest BCUT2D eigenvalue weighted by molar-refractivity contribution is 6.06. The first-order chi connectivity index (χ1) is 8.22. The van der Waals surface area contributed by atoms with Crippen LogP contribution in [0.1, 0.15) is 10.4 Å². The zero-order chi connectivity index (χ0) is 12.3. The molecule has 0 saturated carbocycles. The molecule has 2 rings (SSSR count). The van der Waals surface area contributed by atoms with E-state index in [4.69, 9.17) is 15.7 Å². The zero-order valence-electron chi connectivity index (χ0n) is 8.93. The summed E-state index contributed by atoms with van der Waals surface area (Å²) in [7, 11) is 0. The van der Waals surface area contributed by atoms with Gasteiger partial charge in [0.15, 0.2) is 6.61 Å². The molecule has 0 bridgehead atoms. The molecule has 0 aliphatic carbocycles. The third-order valence-corrected chi connectivity index (χ3v) is 2.33. The van der Waals surface area contributed by atoms with Crippen LogP contribution in [0.5, 0.6) is 5.75 Å². The standard InChI is InChI=1S/C13H9N2O2/c14-6-7-17-10-4-5-11-9(8-10)2-1-3-12(11)13(15)16/h1-2,4-5,8H,7H2,(H2,15,16). The number of carbonyl (C=O) groups excluding carboxylic acids is 1. The third kappa shape index (κ3) is 2.18. The minimum atomic E-state index is -0.513. The molecule has 0 fully saturated rings. The molecule has 1 amide bonds. The summed E-state index contributed by atoms with van der Waals surface area (Å²) in [4.78, 5) is 11.2. The summed E-state index contributed by atoms with van der Waals surface area (Å²) < 4.78 is 5.18. The topological polar surface area (TPSA) is 76.1 Å². The van der Waals surface area contributed by atoms with Gasteiger partial charge in [0, 0.05) is 0 Å². The number of nitriles is 1. The SMILES string of the molecule is N#CCOc1ccc2c(C(N)=O)[c]ccc2c1. The third-order valence-electron chi connectivity index (χ3n) is 2.33. The lowest BCUT2D eigenvalue weighted by molar-refractivity contribution is 0.100. The van der Waals surface area contributed by atoms with Crippen LogP contribution in [0.4, 0.5) is 0 Å². The van der Waals surface area contributed by atoms with E-state index in [9.17, 15) is 4.79 Å². The van der Waals surface area contributed by atoms with Gasteiger partial charge < -0.3 is 10.5 Å². The number of benzene rings is 2. The Morgan fingerprint density at radius 2 is 2.29 bits per heavy atom. The molecule has 83 valence electrons. The van der Waals surface area contributed by atoms with E-state index in [1.165, 1.54) is 0 Å². The number of amides is 1. The van der Waals surface area contributed by atoms with Crippen LogP contribution < -0.4 is 10.5 Å². The summed E-state index contributed by atoms with van der Waals surface area (Å²) in [5.74, 6) is 0.0713. The van der Waals surface area contributed by atoms with Crippen LogP contribution in [0.2, 0.25) is 0 Å². The molecule has 1 radical (unpaired) electrons. The van der Waals surface area contributed by atoms with Crippen molar-refractivity contribution in [1.29, 1.82) is 5.26 Å². The highest BCUT2D eigenvalue weighted by atomic mass is 16.5. The number of nitrogens with zero attached hydrogens (tertiary/aromatic N) is 1. The van der Waals surface area contributed by atoms with Crippen molar-refractivity contribution in [3.63, 3.8) is 0 Å². The number of rotatable bonds is 3. The van der Waals surface area contributed by atoms with Crippen molar-refractivity contribution in [3.05, 3.63) is 42.0 Å². The van der Waals surface area contributed by atoms with Crippen molar-refractivity contribution in [3.8, 4) is 11.8 Å². The quantitative estimate of drug-likeness (QED) is 0.862. The summed E-state index contributed by atoms with van der Waals surface area (Å²) in [6.45, 7) is -0.00680. The molecule has 4 nitrogen and oxygen atoms in total. The number of nitrogens with two attached hydrogens (primary N) is 1. The average molecular weight is 225 g/mol. The van der Waals surface area contributed by atoms with Crippen LogP contribution in [0.3, 0.4) is 0 Å². The first-order valence-corrected chi connectivity index (χ1v) is 4.96. The van der Waals surface area contributed by atoms with E-state index in [2.05, 4.69) is 6.07 Å². The van der Waals surface area contributed by atoms with Gasteiger partial charge in [-0.15, -0.1) is 0 Å². The minimum absolute atomic E-state index is 0.00680. The summed E-state index contributed by atoms with van der Waals surface area (Å²) in [5.41, 5.74) is 5.61. The van der Waals surface area contributed by atoms with Crippen LogP contribution in [0, 0.1) is 17.4 Å². The Kier molecular flexibility index (Phi) is 2.93. The second kappa shape index (κ2) is 4.54. The molecule has 0 atom stereocenters. The van der Waals surface area contributed by atoms with Crippen LogP contribution in [-0.4, -0.2) is 12.5 Å². The molecular weight excluding hydrogens is 216 g/mol. The smallest absolute Gasteiger partial charge is 0.249 e. The van der Waals surface area contributed by atoms with Gasteiger partial charge in [0.25, 0.3) is 0 Å². The average Bonchev–Trinajstić information content (AvgIpc) is 2.35. The van der Waals surface area contributed by atoms with E-state index in [1.54, 1.807) is 30.3 Å². The van der Waals surface area contributed by atoms with Gasteiger partial charge in [-0.2, -0.15) is 5.26 Å². The molecule has 0 aromatic heterocycles. The Morgan fingerprint density at radius 3 is 3.00 bits per heavy atom. The number of hydrogen-bond donors (Lipinski definition) is 1. The lowest BCUT2D eigenvalue weighted by Gasteiger charge is -2.05. The maximum atomic E-state index is 11.2. The highest BCUT2D eigenvalue weighted by Crippen LogP contribution is 2.23. The summed E-state index contributed by atoms with van der Waals surface area (Å²) in [6, 6.07) is 13.3. The lowest BCUT2D eigenvalue weighted by atomic mass is 10.0. The van der Waals surface area contributed by atoms with Crippen molar-refractivity contribution in [2.24, 2.45) is 5.73 Å². The monoisotopic (exact) mass is 225 g/mol. The summed E-state index contributed by atoms with van der Waals surface area (Å²) in [6.07, 6.45) is 0. The zero-order valence-corrected chi connectivity index (χ0v) is 8.93. The molecule has 0 unspecified atom stereocenters. The Morgan fingerprint density at radius 1 is 1.47 bits per heavy atom. The van der Waals surface area contributed by atoms with Crippen LogP contribution in [-0.2, 0) is 0 Å². The van der Waals surface area contributed by atoms with Crippen LogP contribution >= 0.6 is 0 Å². The van der Waals surface area contributed by atoms with E-state index >= 15 is 0 Å². The van der Waals surface area contributed by atoms with E-state index < -0.39 is 5.91 Å². The Labute approximate surface area is 98.2 Å². The predicted molar refractivity (Wildman–Crippen MR) is 62.4 cm³/mol. The van der Waals surface area contributed by atoms with E-state index in [-0.39, 0.29) is 6.61 Å². The Hall–Kier alpha value is -2.54. The molecule has 0 saturated heterocycles. The summed E-state index contributed by atoms with van der Waals surface area (Å²) >= 11 is 0. The minimum Gasteiger partial charge on any atom is -0.479 e. The molecule has 0 spiro atoms. The Bertz CT molecular complexity index is 614. The van der Waals surface area contributed by atoms with Crippen molar-refractivity contribution >= 4 is 16.7 Å². The van der Waals surface area contributed by atoms with Gasteiger partial charge in [0.2, 0.25) is 5.91 Å². The first kappa shape index (κ1) is 11.0. The fourth-order valence-electron chi connectivity index (χ4n) is 1.61.